The van der Waals surface area contributed by atoms with Crippen molar-refractivity contribution in [1.29, 1.82) is 0 Å². The van der Waals surface area contributed by atoms with E-state index in [0.29, 0.717) is 0 Å². The maximum absolute atomic E-state index is 6.42. The second-order valence-electron chi connectivity index (χ2n) is 13.3. The van der Waals surface area contributed by atoms with Crippen LogP contribution < -0.4 is 4.90 Å². The molecule has 0 aliphatic heterocycles. The van der Waals surface area contributed by atoms with Crippen molar-refractivity contribution in [1.82, 2.24) is 4.57 Å². The van der Waals surface area contributed by atoms with Crippen LogP contribution >= 0.6 is 0 Å². The van der Waals surface area contributed by atoms with Crippen molar-refractivity contribution in [3.63, 3.8) is 0 Å². The van der Waals surface area contributed by atoms with Gasteiger partial charge in [-0.1, -0.05) is 116 Å². The van der Waals surface area contributed by atoms with E-state index in [1.165, 1.54) is 44.2 Å². The summed E-state index contributed by atoms with van der Waals surface area (Å²) in [5.74, 6) is 0.939. The molecule has 0 N–H and O–H groups in total. The minimum atomic E-state index is 0.915. The maximum atomic E-state index is 6.42. The highest BCUT2D eigenvalue weighted by atomic mass is 16.3. The number of allylic oxidation sites excluding steroid dienone is 1. The molecule has 2 heterocycles. The van der Waals surface area contributed by atoms with Crippen molar-refractivity contribution in [2.75, 3.05) is 4.90 Å². The van der Waals surface area contributed by atoms with Gasteiger partial charge in [-0.05, 0) is 103 Å². The number of hydrogen-bond acceptors (Lipinski definition) is 2. The molecular weight excluding hydrogens is 633 g/mol. The zero-order valence-electron chi connectivity index (χ0n) is 29.3. The number of nitrogens with zero attached hydrogens (tertiary/aromatic N) is 2. The summed E-state index contributed by atoms with van der Waals surface area (Å²) < 4.78 is 8.78. The van der Waals surface area contributed by atoms with Gasteiger partial charge in [0, 0.05) is 50.0 Å². The quantitative estimate of drug-likeness (QED) is 0.160. The Balaban J connectivity index is 1.08. The Hall–Kier alpha value is -6.58. The highest BCUT2D eigenvalue weighted by molar-refractivity contribution is 6.10. The molecule has 0 aliphatic rings. The van der Waals surface area contributed by atoms with E-state index in [1.54, 1.807) is 0 Å². The first-order valence-electron chi connectivity index (χ1n) is 18.0. The van der Waals surface area contributed by atoms with Crippen LogP contribution in [0, 0.1) is 6.92 Å². The van der Waals surface area contributed by atoms with Crippen LogP contribution in [-0.2, 0) is 0 Å². The molecule has 2 aromatic heterocycles. The number of aromatic nitrogens is 1. The lowest BCUT2D eigenvalue weighted by molar-refractivity contribution is 0.597. The van der Waals surface area contributed by atoms with Crippen molar-refractivity contribution >= 4 is 55.4 Å². The molecule has 9 aromatic rings. The van der Waals surface area contributed by atoms with Crippen LogP contribution in [0.1, 0.15) is 30.2 Å². The van der Waals surface area contributed by atoms with E-state index in [2.05, 4.69) is 193 Å². The molecule has 250 valence electrons. The molecule has 0 amide bonds. The molecule has 0 aliphatic carbocycles. The molecule has 7 aromatic carbocycles. The van der Waals surface area contributed by atoms with Crippen molar-refractivity contribution in [2.45, 2.75) is 20.3 Å². The third-order valence-corrected chi connectivity index (χ3v) is 10.1. The Morgan fingerprint density at radius 3 is 1.85 bits per heavy atom. The second-order valence-corrected chi connectivity index (χ2v) is 13.3. The van der Waals surface area contributed by atoms with E-state index >= 15 is 0 Å². The number of fused-ring (bicyclic) bond motifs is 4. The lowest BCUT2D eigenvalue weighted by Gasteiger charge is -2.26. The molecule has 0 spiro atoms. The van der Waals surface area contributed by atoms with Gasteiger partial charge in [0.05, 0.1) is 11.0 Å². The Morgan fingerprint density at radius 1 is 0.558 bits per heavy atom. The Bertz CT molecular complexity index is 2700. The van der Waals surface area contributed by atoms with Crippen LogP contribution in [0.3, 0.4) is 0 Å². The summed E-state index contributed by atoms with van der Waals surface area (Å²) >= 11 is 0. The minimum absolute atomic E-state index is 0.915. The largest absolute Gasteiger partial charge is 0.456 e. The molecule has 0 saturated heterocycles. The molecule has 0 saturated carbocycles. The van der Waals surface area contributed by atoms with E-state index in [-0.39, 0.29) is 0 Å². The zero-order valence-corrected chi connectivity index (χ0v) is 29.3. The van der Waals surface area contributed by atoms with Gasteiger partial charge in [-0.2, -0.15) is 0 Å². The zero-order chi connectivity index (χ0) is 35.0. The number of anilines is 3. The van der Waals surface area contributed by atoms with Crippen molar-refractivity contribution < 1.29 is 4.42 Å². The maximum Gasteiger partial charge on any atom is 0.138 e. The summed E-state index contributed by atoms with van der Waals surface area (Å²) in [5.41, 5.74) is 13.6. The number of furan rings is 1. The number of benzene rings is 7. The Morgan fingerprint density at radius 2 is 1.13 bits per heavy atom. The molecule has 0 radical (unpaired) electrons. The van der Waals surface area contributed by atoms with Gasteiger partial charge in [-0.15, -0.1) is 0 Å². The molecule has 0 fully saturated rings. The SMILES string of the molecule is CC/C=C(/c1ccc(N(c2ccccc2)c2ccc(-c3ccc4c(c3)c3ccccc3n4-c3ccccc3)cc2)cc1)c1oc2ccccc2c1C. The predicted octanol–water partition coefficient (Wildman–Crippen LogP) is 13.8. The van der Waals surface area contributed by atoms with Crippen LogP contribution in [0.4, 0.5) is 17.1 Å². The number of aryl methyl sites for hydroxylation is 1. The second kappa shape index (κ2) is 13.3. The summed E-state index contributed by atoms with van der Waals surface area (Å²) in [6.07, 6.45) is 3.18. The molecular formula is C49H38N2O. The molecule has 3 nitrogen and oxygen atoms in total. The molecule has 3 heteroatoms. The van der Waals surface area contributed by atoms with Gasteiger partial charge >= 0.3 is 0 Å². The first-order chi connectivity index (χ1) is 25.7. The van der Waals surface area contributed by atoms with E-state index in [9.17, 15) is 0 Å². The fourth-order valence-corrected chi connectivity index (χ4v) is 7.60. The lowest BCUT2D eigenvalue weighted by Crippen LogP contribution is -2.09. The van der Waals surface area contributed by atoms with E-state index in [4.69, 9.17) is 4.42 Å². The predicted molar refractivity (Wildman–Crippen MR) is 219 cm³/mol. The monoisotopic (exact) mass is 670 g/mol. The number of hydrogen-bond donors (Lipinski definition) is 0. The van der Waals surface area contributed by atoms with Crippen molar-refractivity contribution in [3.8, 4) is 16.8 Å². The van der Waals surface area contributed by atoms with E-state index in [1.807, 2.05) is 12.1 Å². The smallest absolute Gasteiger partial charge is 0.138 e. The first kappa shape index (κ1) is 31.4. The van der Waals surface area contributed by atoms with E-state index < -0.39 is 0 Å². The van der Waals surface area contributed by atoms with Crippen LogP contribution in [-0.4, -0.2) is 4.57 Å². The fraction of sp³-hybridized carbons (Fsp3) is 0.0612. The topological polar surface area (TPSA) is 21.3 Å². The third-order valence-electron chi connectivity index (χ3n) is 10.1. The average molecular weight is 671 g/mol. The summed E-state index contributed by atoms with van der Waals surface area (Å²) in [6.45, 7) is 4.33. The highest BCUT2D eigenvalue weighted by Gasteiger charge is 2.18. The molecule has 9 rings (SSSR count). The van der Waals surface area contributed by atoms with Crippen LogP contribution in [0.15, 0.2) is 186 Å². The molecule has 0 atom stereocenters. The fourth-order valence-electron chi connectivity index (χ4n) is 7.60. The molecule has 0 unspecified atom stereocenters. The minimum Gasteiger partial charge on any atom is -0.456 e. The third kappa shape index (κ3) is 5.48. The van der Waals surface area contributed by atoms with Gasteiger partial charge in [-0.25, -0.2) is 0 Å². The van der Waals surface area contributed by atoms with Gasteiger partial charge < -0.3 is 13.9 Å². The summed E-state index contributed by atoms with van der Waals surface area (Å²) in [6, 6.07) is 62.8. The van der Waals surface area contributed by atoms with Crippen LogP contribution in [0.25, 0.3) is 55.2 Å². The van der Waals surface area contributed by atoms with Crippen LogP contribution in [0.5, 0.6) is 0 Å². The number of para-hydroxylation sites is 4. The highest BCUT2D eigenvalue weighted by Crippen LogP contribution is 2.40. The molecule has 52 heavy (non-hydrogen) atoms. The first-order valence-corrected chi connectivity index (χ1v) is 18.0. The normalized spacial score (nSPS) is 11.8. The Labute approximate surface area is 304 Å². The van der Waals surface area contributed by atoms with Gasteiger partial charge in [0.1, 0.15) is 11.3 Å². The van der Waals surface area contributed by atoms with Gasteiger partial charge in [0.15, 0.2) is 0 Å². The van der Waals surface area contributed by atoms with Crippen molar-refractivity contribution in [2.24, 2.45) is 0 Å². The average Bonchev–Trinajstić information content (AvgIpc) is 3.72. The number of rotatable bonds is 8. The summed E-state index contributed by atoms with van der Waals surface area (Å²) in [4.78, 5) is 2.32. The van der Waals surface area contributed by atoms with Gasteiger partial charge in [0.25, 0.3) is 0 Å². The summed E-state index contributed by atoms with van der Waals surface area (Å²) in [7, 11) is 0. The molecule has 0 bridgehead atoms. The van der Waals surface area contributed by atoms with Crippen LogP contribution in [0.2, 0.25) is 0 Å². The summed E-state index contributed by atoms with van der Waals surface area (Å²) in [5, 5.41) is 3.67. The van der Waals surface area contributed by atoms with Gasteiger partial charge in [-0.3, -0.25) is 0 Å². The Kier molecular flexibility index (Phi) is 8.02. The van der Waals surface area contributed by atoms with Gasteiger partial charge in [0.2, 0.25) is 0 Å². The standard InChI is InChI=1S/C49H38N2O/c1-3-14-43(49-34(2)42-19-11-13-22-48(42)52-49)36-25-30-41(31-26-36)50(38-15-6-4-7-16-38)40-28-23-35(24-29-40)37-27-32-47-45(33-37)44-20-10-12-21-46(44)51(47)39-17-8-5-9-18-39/h4-33H,3H2,1-2H3/b43-14-. The van der Waals surface area contributed by atoms with E-state index in [0.717, 1.165) is 51.3 Å². The van der Waals surface area contributed by atoms with Crippen molar-refractivity contribution in [3.05, 3.63) is 199 Å². The lowest BCUT2D eigenvalue weighted by atomic mass is 9.98.